The molecule has 0 radical (unpaired) electrons. The van der Waals surface area contributed by atoms with Crippen LogP contribution in [0.15, 0.2) is 78.9 Å². The molecule has 0 aliphatic carbocycles. The number of nitrogens with one attached hydrogen (secondary N) is 1. The predicted molar refractivity (Wildman–Crippen MR) is 105 cm³/mol. The molecule has 1 aliphatic heterocycles. The molecule has 3 nitrogen and oxygen atoms in total. The van der Waals surface area contributed by atoms with Gasteiger partial charge in [-0.2, -0.15) is 0 Å². The van der Waals surface area contributed by atoms with Crippen molar-refractivity contribution in [2.45, 2.75) is 0 Å². The monoisotopic (exact) mass is 330 g/mol. The molecule has 3 aromatic carbocycles. The number of nitrogens with zero attached hydrogens (tertiary/aromatic N) is 1. The summed E-state index contributed by atoms with van der Waals surface area (Å²) in [7, 11) is 0. The first-order valence-electron chi connectivity index (χ1n) is 8.74. The third-order valence-electron chi connectivity index (χ3n) is 4.52. The Morgan fingerprint density at radius 3 is 1.84 bits per heavy atom. The summed E-state index contributed by atoms with van der Waals surface area (Å²) in [5.41, 5.74) is 5.93. The van der Waals surface area contributed by atoms with Gasteiger partial charge in [0.15, 0.2) is 0 Å². The lowest BCUT2D eigenvalue weighted by molar-refractivity contribution is 0.122. The van der Waals surface area contributed by atoms with Crippen LogP contribution in [0.2, 0.25) is 0 Å². The summed E-state index contributed by atoms with van der Waals surface area (Å²) in [5.74, 6) is 0. The maximum atomic E-state index is 5.41. The molecule has 1 fully saturated rings. The molecule has 1 heterocycles. The fourth-order valence-electron chi connectivity index (χ4n) is 3.12. The number of anilines is 3. The second-order valence-electron chi connectivity index (χ2n) is 6.21. The molecule has 4 rings (SSSR count). The minimum absolute atomic E-state index is 0.813. The third-order valence-corrected chi connectivity index (χ3v) is 4.52. The van der Waals surface area contributed by atoms with Crippen LogP contribution in [-0.2, 0) is 4.74 Å². The molecular formula is C22H22N2O. The minimum Gasteiger partial charge on any atom is -0.378 e. The summed E-state index contributed by atoms with van der Waals surface area (Å²) >= 11 is 0. The first-order chi connectivity index (χ1) is 12.4. The quantitative estimate of drug-likeness (QED) is 0.734. The van der Waals surface area contributed by atoms with Gasteiger partial charge in [0.2, 0.25) is 0 Å². The third kappa shape index (κ3) is 3.83. The van der Waals surface area contributed by atoms with E-state index in [1.165, 1.54) is 16.8 Å². The Morgan fingerprint density at radius 1 is 0.640 bits per heavy atom. The second kappa shape index (κ2) is 7.41. The summed E-state index contributed by atoms with van der Waals surface area (Å²) < 4.78 is 5.41. The van der Waals surface area contributed by atoms with Gasteiger partial charge in [0.05, 0.1) is 13.2 Å². The van der Waals surface area contributed by atoms with Crippen molar-refractivity contribution in [2.75, 3.05) is 36.5 Å². The van der Waals surface area contributed by atoms with E-state index in [0.29, 0.717) is 0 Å². The lowest BCUT2D eigenvalue weighted by Crippen LogP contribution is -2.36. The van der Waals surface area contributed by atoms with E-state index in [4.69, 9.17) is 4.74 Å². The van der Waals surface area contributed by atoms with Crippen molar-refractivity contribution in [3.8, 4) is 11.1 Å². The van der Waals surface area contributed by atoms with Crippen LogP contribution in [0.1, 0.15) is 0 Å². The maximum Gasteiger partial charge on any atom is 0.0642 e. The molecule has 126 valence electrons. The summed E-state index contributed by atoms with van der Waals surface area (Å²) in [6, 6.07) is 27.6. The van der Waals surface area contributed by atoms with Gasteiger partial charge in [0, 0.05) is 30.2 Å². The molecule has 1 aliphatic rings. The van der Waals surface area contributed by atoms with Gasteiger partial charge in [-0.15, -0.1) is 0 Å². The number of morpholine rings is 1. The van der Waals surface area contributed by atoms with Crippen LogP contribution in [0.5, 0.6) is 0 Å². The summed E-state index contributed by atoms with van der Waals surface area (Å²) in [6.45, 7) is 3.56. The first kappa shape index (κ1) is 15.7. The number of hydrogen-bond acceptors (Lipinski definition) is 3. The average Bonchev–Trinajstić information content (AvgIpc) is 2.71. The molecule has 0 saturated carbocycles. The molecule has 0 amide bonds. The van der Waals surface area contributed by atoms with Gasteiger partial charge in [-0.1, -0.05) is 42.5 Å². The Kier molecular flexibility index (Phi) is 4.66. The van der Waals surface area contributed by atoms with Gasteiger partial charge in [-0.25, -0.2) is 0 Å². The van der Waals surface area contributed by atoms with Crippen LogP contribution in [-0.4, -0.2) is 26.3 Å². The predicted octanol–water partition coefficient (Wildman–Crippen LogP) is 4.93. The van der Waals surface area contributed by atoms with E-state index in [9.17, 15) is 0 Å². The van der Waals surface area contributed by atoms with E-state index >= 15 is 0 Å². The lowest BCUT2D eigenvalue weighted by atomic mass is 10.1. The number of ether oxygens (including phenoxy) is 1. The molecule has 25 heavy (non-hydrogen) atoms. The van der Waals surface area contributed by atoms with Crippen LogP contribution in [0, 0.1) is 0 Å². The van der Waals surface area contributed by atoms with Crippen LogP contribution in [0.25, 0.3) is 11.1 Å². The van der Waals surface area contributed by atoms with Crippen LogP contribution >= 0.6 is 0 Å². The van der Waals surface area contributed by atoms with E-state index in [-0.39, 0.29) is 0 Å². The second-order valence-corrected chi connectivity index (χ2v) is 6.21. The van der Waals surface area contributed by atoms with E-state index < -0.39 is 0 Å². The normalized spacial score (nSPS) is 14.3. The number of benzene rings is 3. The van der Waals surface area contributed by atoms with E-state index in [1.807, 2.05) is 6.07 Å². The zero-order valence-corrected chi connectivity index (χ0v) is 14.2. The van der Waals surface area contributed by atoms with Gasteiger partial charge in [0.1, 0.15) is 0 Å². The van der Waals surface area contributed by atoms with Crippen molar-refractivity contribution in [3.63, 3.8) is 0 Å². The fraction of sp³-hybridized carbons (Fsp3) is 0.182. The van der Waals surface area contributed by atoms with E-state index in [1.54, 1.807) is 0 Å². The highest BCUT2D eigenvalue weighted by atomic mass is 16.5. The Hall–Kier alpha value is -2.78. The first-order valence-corrected chi connectivity index (χ1v) is 8.74. The average molecular weight is 330 g/mol. The molecule has 0 aromatic heterocycles. The molecule has 3 heteroatoms. The number of hydrogen-bond donors (Lipinski definition) is 1. The standard InChI is InChI=1S/C22H22N2O/c1-2-4-18(5-3-1)19-6-8-20(9-7-19)23-21-10-12-22(13-11-21)24-14-16-25-17-15-24/h1-13,23H,14-17H2. The molecule has 0 unspecified atom stereocenters. The highest BCUT2D eigenvalue weighted by Crippen LogP contribution is 2.25. The summed E-state index contributed by atoms with van der Waals surface area (Å²) in [5, 5.41) is 3.47. The largest absolute Gasteiger partial charge is 0.378 e. The SMILES string of the molecule is c1ccc(-c2ccc(Nc3ccc(N4CCOCC4)cc3)cc2)cc1. The summed E-state index contributed by atoms with van der Waals surface area (Å²) in [6.07, 6.45) is 0. The Balaban J connectivity index is 1.43. The van der Waals surface area contributed by atoms with Gasteiger partial charge >= 0.3 is 0 Å². The van der Waals surface area contributed by atoms with Crippen molar-refractivity contribution >= 4 is 17.1 Å². The number of rotatable bonds is 4. The van der Waals surface area contributed by atoms with Crippen molar-refractivity contribution < 1.29 is 4.74 Å². The van der Waals surface area contributed by atoms with E-state index in [0.717, 1.165) is 37.7 Å². The highest BCUT2D eigenvalue weighted by Gasteiger charge is 2.10. The van der Waals surface area contributed by atoms with Crippen molar-refractivity contribution in [3.05, 3.63) is 78.9 Å². The van der Waals surface area contributed by atoms with Gasteiger partial charge in [-0.05, 0) is 47.5 Å². The van der Waals surface area contributed by atoms with Crippen molar-refractivity contribution in [1.29, 1.82) is 0 Å². The van der Waals surface area contributed by atoms with Gasteiger partial charge in [0.25, 0.3) is 0 Å². The molecule has 1 saturated heterocycles. The highest BCUT2D eigenvalue weighted by molar-refractivity contribution is 5.69. The fourth-order valence-corrected chi connectivity index (χ4v) is 3.12. The van der Waals surface area contributed by atoms with E-state index in [2.05, 4.69) is 83.0 Å². The van der Waals surface area contributed by atoms with Crippen LogP contribution in [0.4, 0.5) is 17.1 Å². The molecule has 1 N–H and O–H groups in total. The van der Waals surface area contributed by atoms with Crippen LogP contribution in [0.3, 0.4) is 0 Å². The van der Waals surface area contributed by atoms with Crippen LogP contribution < -0.4 is 10.2 Å². The Morgan fingerprint density at radius 2 is 1.20 bits per heavy atom. The Labute approximate surface area is 148 Å². The summed E-state index contributed by atoms with van der Waals surface area (Å²) in [4.78, 5) is 2.36. The van der Waals surface area contributed by atoms with Crippen molar-refractivity contribution in [2.24, 2.45) is 0 Å². The maximum absolute atomic E-state index is 5.41. The molecule has 0 bridgehead atoms. The zero-order valence-electron chi connectivity index (χ0n) is 14.2. The van der Waals surface area contributed by atoms with Gasteiger partial charge < -0.3 is 15.0 Å². The molecule has 3 aromatic rings. The van der Waals surface area contributed by atoms with Crippen molar-refractivity contribution in [1.82, 2.24) is 0 Å². The topological polar surface area (TPSA) is 24.5 Å². The minimum atomic E-state index is 0.813. The van der Waals surface area contributed by atoms with Gasteiger partial charge in [-0.3, -0.25) is 0 Å². The Bertz CT molecular complexity index is 792. The molecule has 0 spiro atoms. The molecule has 0 atom stereocenters. The molecular weight excluding hydrogens is 308 g/mol. The lowest BCUT2D eigenvalue weighted by Gasteiger charge is -2.28. The zero-order chi connectivity index (χ0) is 16.9. The smallest absolute Gasteiger partial charge is 0.0642 e.